The van der Waals surface area contributed by atoms with Gasteiger partial charge in [-0.05, 0) is 49.1 Å². The van der Waals surface area contributed by atoms with Gasteiger partial charge in [0.2, 0.25) is 0 Å². The molecule has 1 aromatic heterocycles. The molecule has 4 rings (SSSR count). The molecule has 3 unspecified atom stereocenters. The zero-order valence-electron chi connectivity index (χ0n) is 11.2. The van der Waals surface area contributed by atoms with Gasteiger partial charge in [0.1, 0.15) is 5.52 Å². The van der Waals surface area contributed by atoms with Gasteiger partial charge in [-0.3, -0.25) is 0 Å². The molecule has 20 heavy (non-hydrogen) atoms. The highest BCUT2D eigenvalue weighted by Gasteiger charge is 2.39. The number of fused-ring (bicyclic) bond motifs is 3. The van der Waals surface area contributed by atoms with E-state index in [0.717, 1.165) is 18.3 Å². The summed E-state index contributed by atoms with van der Waals surface area (Å²) in [6.07, 6.45) is 6.24. The number of para-hydroxylation sites is 1. The lowest BCUT2D eigenvalue weighted by Gasteiger charge is -2.19. The molecule has 2 fully saturated rings. The number of oxazole rings is 1. The Morgan fingerprint density at radius 1 is 1.35 bits per heavy atom. The van der Waals surface area contributed by atoms with E-state index in [1.165, 1.54) is 25.7 Å². The summed E-state index contributed by atoms with van der Waals surface area (Å²) >= 11 is 0. The van der Waals surface area contributed by atoms with Gasteiger partial charge >= 0.3 is 5.97 Å². The second kappa shape index (κ2) is 4.33. The third-order valence-corrected chi connectivity index (χ3v) is 5.02. The number of carboxylic acids is 1. The van der Waals surface area contributed by atoms with Gasteiger partial charge in [0.05, 0.1) is 5.56 Å². The first kappa shape index (κ1) is 11.9. The number of hydrogen-bond acceptors (Lipinski definition) is 3. The van der Waals surface area contributed by atoms with E-state index in [-0.39, 0.29) is 5.56 Å². The molecule has 2 aromatic rings. The van der Waals surface area contributed by atoms with Crippen LogP contribution in [-0.4, -0.2) is 16.1 Å². The molecule has 0 radical (unpaired) electrons. The van der Waals surface area contributed by atoms with E-state index in [1.807, 2.05) is 0 Å². The van der Waals surface area contributed by atoms with Crippen molar-refractivity contribution in [3.05, 3.63) is 29.7 Å². The highest BCUT2D eigenvalue weighted by Crippen LogP contribution is 2.49. The van der Waals surface area contributed by atoms with E-state index in [0.29, 0.717) is 22.9 Å². The number of hydrogen-bond donors (Lipinski definition) is 1. The Morgan fingerprint density at radius 2 is 2.25 bits per heavy atom. The minimum atomic E-state index is -0.949. The van der Waals surface area contributed by atoms with Crippen molar-refractivity contribution >= 4 is 17.1 Å². The van der Waals surface area contributed by atoms with E-state index in [9.17, 15) is 9.90 Å². The van der Waals surface area contributed by atoms with Crippen molar-refractivity contribution in [3.63, 3.8) is 0 Å². The Labute approximate surface area is 116 Å². The van der Waals surface area contributed by atoms with Gasteiger partial charge in [-0.2, -0.15) is 0 Å². The van der Waals surface area contributed by atoms with Crippen molar-refractivity contribution in [1.29, 1.82) is 0 Å². The average Bonchev–Trinajstić information content (AvgIpc) is 3.11. The number of nitrogens with zero attached hydrogens (tertiary/aromatic N) is 1. The summed E-state index contributed by atoms with van der Waals surface area (Å²) in [5, 5.41) is 9.18. The molecule has 1 heterocycles. The van der Waals surface area contributed by atoms with Crippen LogP contribution < -0.4 is 0 Å². The lowest BCUT2D eigenvalue weighted by atomic mass is 9.86. The Hall–Kier alpha value is -1.84. The van der Waals surface area contributed by atoms with Crippen LogP contribution >= 0.6 is 0 Å². The van der Waals surface area contributed by atoms with Crippen LogP contribution in [0, 0.1) is 17.8 Å². The van der Waals surface area contributed by atoms with Gasteiger partial charge in [0.25, 0.3) is 0 Å². The monoisotopic (exact) mass is 271 g/mol. The van der Waals surface area contributed by atoms with Gasteiger partial charge in [0, 0.05) is 6.42 Å². The maximum Gasteiger partial charge on any atom is 0.338 e. The van der Waals surface area contributed by atoms with Crippen LogP contribution in [-0.2, 0) is 6.42 Å². The minimum absolute atomic E-state index is 0.227. The summed E-state index contributed by atoms with van der Waals surface area (Å²) in [6, 6.07) is 5.08. The summed E-state index contributed by atoms with van der Waals surface area (Å²) in [4.78, 5) is 15.6. The first-order valence-corrected chi connectivity index (χ1v) is 7.32. The number of carbonyl (C=O) groups is 1. The summed E-state index contributed by atoms with van der Waals surface area (Å²) in [5.74, 6) is 2.16. The molecule has 4 nitrogen and oxygen atoms in total. The number of carboxylic acid groups (broad SMARTS) is 1. The number of rotatable bonds is 3. The van der Waals surface area contributed by atoms with Gasteiger partial charge in [-0.15, -0.1) is 0 Å². The topological polar surface area (TPSA) is 63.3 Å². The van der Waals surface area contributed by atoms with Gasteiger partial charge < -0.3 is 9.52 Å². The van der Waals surface area contributed by atoms with Crippen LogP contribution in [0.4, 0.5) is 0 Å². The second-order valence-corrected chi connectivity index (χ2v) is 6.20. The van der Waals surface area contributed by atoms with Crippen molar-refractivity contribution in [2.45, 2.75) is 32.1 Å². The third kappa shape index (κ3) is 1.82. The summed E-state index contributed by atoms with van der Waals surface area (Å²) in [6.45, 7) is 0. The fourth-order valence-electron chi connectivity index (χ4n) is 4.11. The van der Waals surface area contributed by atoms with E-state index < -0.39 is 5.97 Å². The average molecular weight is 271 g/mol. The molecule has 2 bridgehead atoms. The SMILES string of the molecule is O=C(O)c1cccc2oc(CC3CC4CCC3C4)nc12. The quantitative estimate of drug-likeness (QED) is 0.927. The van der Waals surface area contributed by atoms with E-state index >= 15 is 0 Å². The molecule has 2 aliphatic rings. The largest absolute Gasteiger partial charge is 0.478 e. The fourth-order valence-corrected chi connectivity index (χ4v) is 4.11. The molecule has 2 saturated carbocycles. The van der Waals surface area contributed by atoms with Crippen LogP contribution in [0.15, 0.2) is 22.6 Å². The summed E-state index contributed by atoms with van der Waals surface area (Å²) < 4.78 is 5.75. The maximum atomic E-state index is 11.2. The standard InChI is InChI=1S/C16H17NO3/c18-16(19)12-2-1-3-13-15(12)17-14(20-13)8-11-7-9-4-5-10(11)6-9/h1-3,9-11H,4-8H2,(H,18,19). The molecular formula is C16H17NO3. The van der Waals surface area contributed by atoms with Gasteiger partial charge in [0.15, 0.2) is 11.5 Å². The van der Waals surface area contributed by atoms with Crippen LogP contribution in [0.1, 0.15) is 41.9 Å². The Kier molecular flexibility index (Phi) is 2.59. The van der Waals surface area contributed by atoms with E-state index in [2.05, 4.69) is 4.98 Å². The predicted molar refractivity (Wildman–Crippen MR) is 73.6 cm³/mol. The predicted octanol–water partition coefficient (Wildman–Crippen LogP) is 3.50. The van der Waals surface area contributed by atoms with Crippen molar-refractivity contribution < 1.29 is 14.3 Å². The molecule has 0 spiro atoms. The molecule has 0 aliphatic heterocycles. The fraction of sp³-hybridized carbons (Fsp3) is 0.500. The molecular weight excluding hydrogens is 254 g/mol. The first-order chi connectivity index (χ1) is 9.70. The van der Waals surface area contributed by atoms with Crippen LogP contribution in [0.25, 0.3) is 11.1 Å². The van der Waals surface area contributed by atoms with Gasteiger partial charge in [-0.1, -0.05) is 12.5 Å². The summed E-state index contributed by atoms with van der Waals surface area (Å²) in [7, 11) is 0. The lowest BCUT2D eigenvalue weighted by molar-refractivity contribution is 0.0699. The van der Waals surface area contributed by atoms with Crippen molar-refractivity contribution in [3.8, 4) is 0 Å². The number of aromatic carboxylic acids is 1. The molecule has 1 N–H and O–H groups in total. The zero-order chi connectivity index (χ0) is 13.7. The third-order valence-electron chi connectivity index (χ3n) is 5.02. The smallest absolute Gasteiger partial charge is 0.338 e. The molecule has 2 aliphatic carbocycles. The van der Waals surface area contributed by atoms with E-state index in [4.69, 9.17) is 4.42 Å². The first-order valence-electron chi connectivity index (χ1n) is 7.32. The highest BCUT2D eigenvalue weighted by molar-refractivity contribution is 6.00. The Bertz CT molecular complexity index is 675. The highest BCUT2D eigenvalue weighted by atomic mass is 16.4. The van der Waals surface area contributed by atoms with Crippen molar-refractivity contribution in [2.75, 3.05) is 0 Å². The number of aromatic nitrogens is 1. The van der Waals surface area contributed by atoms with Crippen LogP contribution in [0.3, 0.4) is 0 Å². The van der Waals surface area contributed by atoms with Crippen molar-refractivity contribution in [2.24, 2.45) is 17.8 Å². The van der Waals surface area contributed by atoms with E-state index in [1.54, 1.807) is 18.2 Å². The number of benzene rings is 1. The van der Waals surface area contributed by atoms with Crippen LogP contribution in [0.2, 0.25) is 0 Å². The Morgan fingerprint density at radius 3 is 2.95 bits per heavy atom. The molecule has 3 atom stereocenters. The van der Waals surface area contributed by atoms with Gasteiger partial charge in [-0.25, -0.2) is 9.78 Å². The van der Waals surface area contributed by atoms with Crippen LogP contribution in [0.5, 0.6) is 0 Å². The maximum absolute atomic E-state index is 11.2. The van der Waals surface area contributed by atoms with Crippen molar-refractivity contribution in [1.82, 2.24) is 4.98 Å². The second-order valence-electron chi connectivity index (χ2n) is 6.20. The molecule has 4 heteroatoms. The Balaban J connectivity index is 1.64. The summed E-state index contributed by atoms with van der Waals surface area (Å²) in [5.41, 5.74) is 1.30. The minimum Gasteiger partial charge on any atom is -0.478 e. The zero-order valence-corrected chi connectivity index (χ0v) is 11.2. The normalized spacial score (nSPS) is 28.3. The molecule has 0 amide bonds. The molecule has 104 valence electrons. The molecule has 1 aromatic carbocycles. The lowest BCUT2D eigenvalue weighted by Crippen LogP contribution is -2.13. The molecule has 0 saturated heterocycles.